The fourth-order valence-electron chi connectivity index (χ4n) is 3.44. The van der Waals surface area contributed by atoms with Gasteiger partial charge in [0.15, 0.2) is 0 Å². The van der Waals surface area contributed by atoms with Gasteiger partial charge in [0.25, 0.3) is 15.6 Å². The summed E-state index contributed by atoms with van der Waals surface area (Å²) in [5.74, 6) is 0.369. The van der Waals surface area contributed by atoms with Crippen molar-refractivity contribution in [1.82, 2.24) is 13.9 Å². The molecule has 6 nitrogen and oxygen atoms in total. The Morgan fingerprint density at radius 2 is 1.83 bits per heavy atom. The van der Waals surface area contributed by atoms with Gasteiger partial charge in [-0.3, -0.25) is 9.36 Å². The molecule has 0 atom stereocenters. The van der Waals surface area contributed by atoms with Gasteiger partial charge in [0, 0.05) is 7.05 Å². The van der Waals surface area contributed by atoms with Crippen molar-refractivity contribution < 1.29 is 8.42 Å². The monoisotopic (exact) mass is 439 g/mol. The lowest BCUT2D eigenvalue weighted by molar-refractivity contribution is 0.453. The van der Waals surface area contributed by atoms with Crippen molar-refractivity contribution in [2.24, 2.45) is 0 Å². The Morgan fingerprint density at radius 1 is 1.07 bits per heavy atom. The minimum absolute atomic E-state index is 0.0341. The molecule has 8 heteroatoms. The van der Waals surface area contributed by atoms with Crippen LogP contribution in [0.4, 0.5) is 0 Å². The lowest BCUT2D eigenvalue weighted by Gasteiger charge is -2.20. The van der Waals surface area contributed by atoms with Gasteiger partial charge in [0.05, 0.1) is 23.1 Å². The molecule has 2 heterocycles. The van der Waals surface area contributed by atoms with Crippen molar-refractivity contribution in [2.75, 3.05) is 7.05 Å². The van der Waals surface area contributed by atoms with Crippen molar-refractivity contribution in [2.45, 2.75) is 24.6 Å². The molecule has 2 aromatic carbocycles. The Morgan fingerprint density at radius 3 is 2.53 bits per heavy atom. The highest BCUT2D eigenvalue weighted by molar-refractivity contribution is 7.91. The summed E-state index contributed by atoms with van der Waals surface area (Å²) in [6.45, 7) is 3.88. The maximum atomic E-state index is 13.4. The number of sulfonamides is 1. The van der Waals surface area contributed by atoms with Gasteiger partial charge in [0.1, 0.15) is 10.0 Å². The van der Waals surface area contributed by atoms with Gasteiger partial charge in [0.2, 0.25) is 0 Å². The normalized spacial score (nSPS) is 12.0. The summed E-state index contributed by atoms with van der Waals surface area (Å²) < 4.78 is 28.9. The maximum absolute atomic E-state index is 13.4. The molecule has 0 fully saturated rings. The molecule has 0 aliphatic carbocycles. The third-order valence-electron chi connectivity index (χ3n) is 4.96. The molecule has 0 aliphatic heterocycles. The van der Waals surface area contributed by atoms with Gasteiger partial charge in [-0.05, 0) is 49.1 Å². The Hall–Kier alpha value is -2.81. The number of aromatic nitrogens is 2. The number of thiophene rings is 1. The van der Waals surface area contributed by atoms with Crippen molar-refractivity contribution in [3.8, 4) is 5.69 Å². The van der Waals surface area contributed by atoms with Crippen LogP contribution in [0.25, 0.3) is 16.6 Å². The summed E-state index contributed by atoms with van der Waals surface area (Å²) in [7, 11) is -2.18. The third-order valence-corrected chi connectivity index (χ3v) is 8.14. The number of fused-ring (bicyclic) bond motifs is 1. The van der Waals surface area contributed by atoms with Gasteiger partial charge in [-0.1, -0.05) is 35.9 Å². The largest absolute Gasteiger partial charge is 0.268 e. The average Bonchev–Trinajstić information content (AvgIpc) is 3.25. The molecule has 0 spiro atoms. The summed E-state index contributed by atoms with van der Waals surface area (Å²) in [5, 5.41) is 2.21. The van der Waals surface area contributed by atoms with Crippen LogP contribution in [-0.2, 0) is 16.6 Å². The van der Waals surface area contributed by atoms with Crippen molar-refractivity contribution in [3.05, 3.63) is 87.3 Å². The van der Waals surface area contributed by atoms with Crippen LogP contribution in [-0.4, -0.2) is 29.3 Å². The highest BCUT2D eigenvalue weighted by Gasteiger charge is 2.25. The Kier molecular flexibility index (Phi) is 5.31. The second kappa shape index (κ2) is 7.79. The minimum atomic E-state index is -3.68. The summed E-state index contributed by atoms with van der Waals surface area (Å²) in [6, 6.07) is 16.2. The number of para-hydroxylation sites is 1. The quantitative estimate of drug-likeness (QED) is 0.473. The van der Waals surface area contributed by atoms with Gasteiger partial charge in [-0.2, -0.15) is 4.31 Å². The SMILES string of the molecule is Cc1ccc(-n2c(CN(C)S(=O)(=O)c3cccs3)nc3ccccc3c2=O)c(C)c1. The number of hydrogen-bond donors (Lipinski definition) is 0. The zero-order valence-electron chi connectivity index (χ0n) is 16.9. The van der Waals surface area contributed by atoms with E-state index in [9.17, 15) is 13.2 Å². The van der Waals surface area contributed by atoms with Crippen molar-refractivity contribution >= 4 is 32.3 Å². The van der Waals surface area contributed by atoms with E-state index >= 15 is 0 Å². The molecule has 4 rings (SSSR count). The molecule has 0 unspecified atom stereocenters. The summed E-state index contributed by atoms with van der Waals surface area (Å²) >= 11 is 1.16. The van der Waals surface area contributed by atoms with E-state index in [1.807, 2.05) is 38.1 Å². The fourth-order valence-corrected chi connectivity index (χ4v) is 5.76. The third kappa shape index (κ3) is 3.58. The maximum Gasteiger partial charge on any atom is 0.266 e. The van der Waals surface area contributed by atoms with Crippen LogP contribution < -0.4 is 5.56 Å². The molecule has 4 aromatic rings. The summed E-state index contributed by atoms with van der Waals surface area (Å²) in [5.41, 5.74) is 3.02. The molecule has 0 radical (unpaired) electrons. The molecule has 0 bridgehead atoms. The van der Waals surface area contributed by atoms with E-state index in [-0.39, 0.29) is 16.3 Å². The lowest BCUT2D eigenvalue weighted by Crippen LogP contribution is -2.32. The van der Waals surface area contributed by atoms with Crippen LogP contribution in [0.15, 0.2) is 69.0 Å². The number of aryl methyl sites for hydroxylation is 2. The lowest BCUT2D eigenvalue weighted by atomic mass is 10.1. The molecule has 0 saturated heterocycles. The van der Waals surface area contributed by atoms with Gasteiger partial charge < -0.3 is 0 Å². The van der Waals surface area contributed by atoms with E-state index in [2.05, 4.69) is 4.98 Å². The van der Waals surface area contributed by atoms with Crippen LogP contribution in [0, 0.1) is 13.8 Å². The Labute approximate surface area is 179 Å². The Bertz CT molecular complexity index is 1390. The second-order valence-corrected chi connectivity index (χ2v) is 10.4. The smallest absolute Gasteiger partial charge is 0.266 e. The minimum Gasteiger partial charge on any atom is -0.268 e. The molecule has 30 heavy (non-hydrogen) atoms. The predicted molar refractivity (Wildman–Crippen MR) is 120 cm³/mol. The standard InChI is InChI=1S/C22H21N3O3S2/c1-15-10-11-19(16(2)13-15)25-20(23-18-8-5-4-7-17(18)22(25)26)14-24(3)30(27,28)21-9-6-12-29-21/h4-13H,14H2,1-3H3. The molecule has 0 amide bonds. The number of nitrogens with zero attached hydrogens (tertiary/aromatic N) is 3. The van der Waals surface area contributed by atoms with E-state index in [0.29, 0.717) is 22.4 Å². The van der Waals surface area contributed by atoms with Crippen LogP contribution in [0.3, 0.4) is 0 Å². The zero-order chi connectivity index (χ0) is 21.5. The van der Waals surface area contributed by atoms with E-state index in [0.717, 1.165) is 22.5 Å². The number of rotatable bonds is 5. The summed E-state index contributed by atoms with van der Waals surface area (Å²) in [4.78, 5) is 18.1. The highest BCUT2D eigenvalue weighted by atomic mass is 32.2. The topological polar surface area (TPSA) is 72.3 Å². The molecular formula is C22H21N3O3S2. The molecule has 0 aliphatic rings. The van der Waals surface area contributed by atoms with Gasteiger partial charge in [-0.15, -0.1) is 11.3 Å². The van der Waals surface area contributed by atoms with E-state index < -0.39 is 10.0 Å². The van der Waals surface area contributed by atoms with Crippen molar-refractivity contribution in [1.29, 1.82) is 0 Å². The molecular weight excluding hydrogens is 418 g/mol. The highest BCUT2D eigenvalue weighted by Crippen LogP contribution is 2.23. The first-order valence-electron chi connectivity index (χ1n) is 9.37. The average molecular weight is 440 g/mol. The molecule has 2 aromatic heterocycles. The predicted octanol–water partition coefficient (Wildman–Crippen LogP) is 3.88. The zero-order valence-corrected chi connectivity index (χ0v) is 18.5. The first-order valence-corrected chi connectivity index (χ1v) is 11.7. The van der Waals surface area contributed by atoms with E-state index in [1.165, 1.54) is 15.9 Å². The first-order chi connectivity index (χ1) is 14.3. The van der Waals surface area contributed by atoms with E-state index in [4.69, 9.17) is 0 Å². The van der Waals surface area contributed by atoms with Crippen LogP contribution in [0.1, 0.15) is 17.0 Å². The second-order valence-electron chi connectivity index (χ2n) is 7.17. The van der Waals surface area contributed by atoms with Crippen molar-refractivity contribution in [3.63, 3.8) is 0 Å². The van der Waals surface area contributed by atoms with Crippen LogP contribution in [0.5, 0.6) is 0 Å². The first kappa shape index (κ1) is 20.5. The summed E-state index contributed by atoms with van der Waals surface area (Å²) in [6.07, 6.45) is 0. The number of benzene rings is 2. The van der Waals surface area contributed by atoms with Gasteiger partial charge in [-0.25, -0.2) is 13.4 Å². The van der Waals surface area contributed by atoms with Crippen LogP contribution in [0.2, 0.25) is 0 Å². The molecule has 154 valence electrons. The fraction of sp³-hybridized carbons (Fsp3) is 0.182. The van der Waals surface area contributed by atoms with Crippen LogP contribution >= 0.6 is 11.3 Å². The molecule has 0 N–H and O–H groups in total. The molecule has 0 saturated carbocycles. The Balaban J connectivity index is 1.91. The number of hydrogen-bond acceptors (Lipinski definition) is 5. The van der Waals surface area contributed by atoms with E-state index in [1.54, 1.807) is 35.7 Å². The van der Waals surface area contributed by atoms with Gasteiger partial charge >= 0.3 is 0 Å².